The van der Waals surface area contributed by atoms with Crippen molar-refractivity contribution in [1.29, 1.82) is 0 Å². The van der Waals surface area contributed by atoms with Gasteiger partial charge in [-0.1, -0.05) is 27.0 Å². The van der Waals surface area contributed by atoms with E-state index in [9.17, 15) is 23.6 Å². The van der Waals surface area contributed by atoms with Gasteiger partial charge in [0.1, 0.15) is 13.2 Å². The number of phosphoric ester groups is 2. The number of carbonyl (C=O) groups excluding carboxylic acids is 2. The molecule has 0 aromatic rings. The summed E-state index contributed by atoms with van der Waals surface area (Å²) < 4.78 is 78.6. The van der Waals surface area contributed by atoms with E-state index >= 15 is 0 Å². The fourth-order valence-electron chi connectivity index (χ4n) is 2.33. The van der Waals surface area contributed by atoms with Crippen molar-refractivity contribution in [3.63, 3.8) is 0 Å². The molecule has 266 valence electrons. The standard InChI is InChI=1S/C16H31O9P.C11H21O7P/c1-5-6-20-9-12-23-26(18,24-13-10-21-8-7-19-4)25-14-11-22-16(17)15(2)3;1-4-5-15-6-8-17-19(13,14)18-9-7-16-11(12)10(2)3/h2,5-14H2,1,3-4H3;2,4-9H2,1,3H3,(H,13,14). The second kappa shape index (κ2) is 29.9. The van der Waals surface area contributed by atoms with E-state index in [1.54, 1.807) is 7.11 Å². The van der Waals surface area contributed by atoms with Crippen molar-refractivity contribution < 1.29 is 74.7 Å². The summed E-state index contributed by atoms with van der Waals surface area (Å²) in [5.74, 6) is -1.13. The van der Waals surface area contributed by atoms with Gasteiger partial charge in [0.05, 0.1) is 66.1 Å². The molecule has 0 aromatic carbocycles. The molecule has 0 aliphatic heterocycles. The van der Waals surface area contributed by atoms with Gasteiger partial charge in [-0.25, -0.2) is 18.7 Å². The van der Waals surface area contributed by atoms with Gasteiger partial charge in [-0.15, -0.1) is 0 Å². The zero-order chi connectivity index (χ0) is 34.4. The van der Waals surface area contributed by atoms with E-state index in [2.05, 4.69) is 26.9 Å². The average Bonchev–Trinajstić information content (AvgIpc) is 2.99. The first-order valence-electron chi connectivity index (χ1n) is 14.4. The van der Waals surface area contributed by atoms with Gasteiger partial charge in [0, 0.05) is 31.5 Å². The van der Waals surface area contributed by atoms with E-state index in [0.29, 0.717) is 26.4 Å². The molecule has 0 aliphatic rings. The summed E-state index contributed by atoms with van der Waals surface area (Å²) in [5, 5.41) is 0. The number of hydrogen-bond donors (Lipinski definition) is 1. The molecule has 0 amide bonds. The fraction of sp³-hybridized carbons (Fsp3) is 0.778. The van der Waals surface area contributed by atoms with Crippen LogP contribution in [0.4, 0.5) is 0 Å². The number of rotatable bonds is 29. The van der Waals surface area contributed by atoms with Gasteiger partial charge in [-0.05, 0) is 26.7 Å². The second-order valence-corrected chi connectivity index (χ2v) is 11.9. The van der Waals surface area contributed by atoms with E-state index in [4.69, 9.17) is 37.3 Å². The third-order valence-electron chi connectivity index (χ3n) is 4.40. The van der Waals surface area contributed by atoms with E-state index in [0.717, 1.165) is 12.8 Å². The summed E-state index contributed by atoms with van der Waals surface area (Å²) in [6.45, 7) is 15.9. The lowest BCUT2D eigenvalue weighted by atomic mass is 10.4. The third kappa shape index (κ3) is 30.9. The number of esters is 2. The van der Waals surface area contributed by atoms with Crippen LogP contribution in [0.1, 0.15) is 40.5 Å². The Morgan fingerprint density at radius 3 is 1.27 bits per heavy atom. The van der Waals surface area contributed by atoms with E-state index in [1.165, 1.54) is 13.8 Å². The highest BCUT2D eigenvalue weighted by Crippen LogP contribution is 2.49. The SMILES string of the molecule is C=C(C)C(=O)OCCOP(=O)(O)OCCOCCC.C=C(C)C(=O)OCCOP(=O)(OCCOCCC)OCCOCCOC. The Labute approximate surface area is 266 Å². The van der Waals surface area contributed by atoms with Crippen molar-refractivity contribution in [2.45, 2.75) is 40.5 Å². The molecule has 18 heteroatoms. The van der Waals surface area contributed by atoms with Gasteiger partial charge < -0.3 is 33.3 Å². The predicted molar refractivity (Wildman–Crippen MR) is 164 cm³/mol. The number of ether oxygens (including phenoxy) is 6. The lowest BCUT2D eigenvalue weighted by Gasteiger charge is -2.18. The highest BCUT2D eigenvalue weighted by molar-refractivity contribution is 7.48. The van der Waals surface area contributed by atoms with Crippen LogP contribution in [0.3, 0.4) is 0 Å². The van der Waals surface area contributed by atoms with Crippen LogP contribution >= 0.6 is 15.6 Å². The zero-order valence-electron chi connectivity index (χ0n) is 27.2. The van der Waals surface area contributed by atoms with Crippen molar-refractivity contribution >= 4 is 27.6 Å². The summed E-state index contributed by atoms with van der Waals surface area (Å²) in [7, 11) is -6.36. The minimum absolute atomic E-state index is 0.0162. The smallest absolute Gasteiger partial charge is 0.460 e. The molecule has 1 N–H and O–H groups in total. The maximum absolute atomic E-state index is 12.6. The van der Waals surface area contributed by atoms with E-state index < -0.39 is 27.6 Å². The first-order chi connectivity index (χ1) is 21.3. The molecule has 45 heavy (non-hydrogen) atoms. The monoisotopic (exact) mass is 694 g/mol. The maximum atomic E-state index is 12.6. The number of carbonyl (C=O) groups is 2. The van der Waals surface area contributed by atoms with Gasteiger partial charge in [0.2, 0.25) is 0 Å². The molecular formula is C27H52O16P2. The van der Waals surface area contributed by atoms with Gasteiger partial charge in [0.15, 0.2) is 0 Å². The third-order valence-corrected chi connectivity index (χ3v) is 6.91. The maximum Gasteiger partial charge on any atom is 0.475 e. The minimum atomic E-state index is -4.12. The molecule has 0 aromatic heterocycles. The van der Waals surface area contributed by atoms with Crippen LogP contribution in [0, 0.1) is 0 Å². The molecule has 0 heterocycles. The van der Waals surface area contributed by atoms with Crippen LogP contribution in [0.5, 0.6) is 0 Å². The molecule has 0 radical (unpaired) electrons. The first-order valence-corrected chi connectivity index (χ1v) is 17.3. The van der Waals surface area contributed by atoms with Crippen LogP contribution in [0.15, 0.2) is 24.3 Å². The van der Waals surface area contributed by atoms with E-state index in [-0.39, 0.29) is 77.2 Å². The second-order valence-electron chi connectivity index (χ2n) is 8.74. The topological polar surface area (TPSA) is 190 Å². The highest BCUT2D eigenvalue weighted by atomic mass is 31.2. The minimum Gasteiger partial charge on any atom is -0.460 e. The molecule has 0 spiro atoms. The molecule has 2 unspecified atom stereocenters. The summed E-state index contributed by atoms with van der Waals surface area (Å²) in [6.07, 6.45) is 1.74. The zero-order valence-corrected chi connectivity index (χ0v) is 29.0. The van der Waals surface area contributed by atoms with Crippen molar-refractivity contribution in [1.82, 2.24) is 0 Å². The molecule has 0 bridgehead atoms. The highest BCUT2D eigenvalue weighted by Gasteiger charge is 2.27. The Morgan fingerprint density at radius 1 is 0.556 bits per heavy atom. The summed E-state index contributed by atoms with van der Waals surface area (Å²) in [4.78, 5) is 31.5. The molecule has 0 fully saturated rings. The van der Waals surface area contributed by atoms with Gasteiger partial charge in [-0.2, -0.15) is 0 Å². The Bertz CT molecular complexity index is 898. The van der Waals surface area contributed by atoms with E-state index in [1.807, 2.05) is 13.8 Å². The first kappa shape index (κ1) is 45.6. The lowest BCUT2D eigenvalue weighted by Crippen LogP contribution is -2.14. The van der Waals surface area contributed by atoms with Crippen molar-refractivity contribution in [3.05, 3.63) is 24.3 Å². The predicted octanol–water partition coefficient (Wildman–Crippen LogP) is 4.02. The van der Waals surface area contributed by atoms with Gasteiger partial charge >= 0.3 is 27.6 Å². The number of hydrogen-bond acceptors (Lipinski definition) is 15. The van der Waals surface area contributed by atoms with Crippen molar-refractivity contribution in [2.24, 2.45) is 0 Å². The largest absolute Gasteiger partial charge is 0.475 e. The fourth-order valence-corrected chi connectivity index (χ4v) is 4.13. The Hall–Kier alpha value is -1.52. The van der Waals surface area contributed by atoms with Crippen molar-refractivity contribution in [3.8, 4) is 0 Å². The molecule has 0 aliphatic carbocycles. The molecule has 0 rings (SSSR count). The summed E-state index contributed by atoms with van der Waals surface area (Å²) in [6, 6.07) is 0. The number of phosphoric acid groups is 2. The van der Waals surface area contributed by atoms with Crippen LogP contribution in [0.2, 0.25) is 0 Å². The molecular weight excluding hydrogens is 642 g/mol. The Balaban J connectivity index is 0. The van der Waals surface area contributed by atoms with Crippen LogP contribution in [0.25, 0.3) is 0 Å². The number of methoxy groups -OCH3 is 1. The molecule has 2 atom stereocenters. The van der Waals surface area contributed by atoms with Gasteiger partial charge in [-0.3, -0.25) is 22.6 Å². The Morgan fingerprint density at radius 2 is 0.889 bits per heavy atom. The molecule has 0 saturated heterocycles. The van der Waals surface area contributed by atoms with Crippen LogP contribution in [-0.2, 0) is 69.8 Å². The van der Waals surface area contributed by atoms with Crippen LogP contribution in [-0.4, -0.2) is 116 Å². The summed E-state index contributed by atoms with van der Waals surface area (Å²) in [5.41, 5.74) is 0.512. The average molecular weight is 695 g/mol. The molecule has 0 saturated carbocycles. The Kier molecular flexibility index (Phi) is 30.3. The van der Waals surface area contributed by atoms with Gasteiger partial charge in [0.25, 0.3) is 0 Å². The van der Waals surface area contributed by atoms with Crippen LogP contribution < -0.4 is 0 Å². The molecule has 16 nitrogen and oxygen atoms in total. The van der Waals surface area contributed by atoms with Crippen molar-refractivity contribution in [2.75, 3.05) is 99.6 Å². The normalized spacial score (nSPS) is 13.6. The lowest BCUT2D eigenvalue weighted by molar-refractivity contribution is -0.140. The quantitative estimate of drug-likeness (QED) is 0.0511. The summed E-state index contributed by atoms with van der Waals surface area (Å²) >= 11 is 0.